The maximum atomic E-state index is 13.0. The maximum Gasteiger partial charge on any atom is 0.414 e. The van der Waals surface area contributed by atoms with Crippen LogP contribution in [0.4, 0.5) is 10.5 Å². The highest BCUT2D eigenvalue weighted by Crippen LogP contribution is 2.34. The molecular weight excluding hydrogens is 406 g/mol. The van der Waals surface area contributed by atoms with Gasteiger partial charge in [-0.05, 0) is 56.2 Å². The molecule has 6 nitrogen and oxygen atoms in total. The third-order valence-electron chi connectivity index (χ3n) is 6.29. The number of hydrogen-bond acceptors (Lipinski definition) is 5. The number of para-hydroxylation sites is 1. The standard InChI is InChI=1S/C26H31NO5/c1-2-30-25(28)20-12-14-23(15-13-20)31-18-22-16-21-10-6-7-11-24(21)27(22)26(29)32-17-19-8-4-3-5-9-19/h3-11,20,22-23H,2,12-18H2,1H3/t20?,22-,23?/m0/s1. The van der Waals surface area contributed by atoms with Gasteiger partial charge in [0.15, 0.2) is 0 Å². The number of ether oxygens (including phenoxy) is 3. The fourth-order valence-corrected chi connectivity index (χ4v) is 4.60. The summed E-state index contributed by atoms with van der Waals surface area (Å²) in [5.74, 6) is -0.112. The summed E-state index contributed by atoms with van der Waals surface area (Å²) >= 11 is 0. The predicted molar refractivity (Wildman–Crippen MR) is 121 cm³/mol. The topological polar surface area (TPSA) is 65.1 Å². The van der Waals surface area contributed by atoms with E-state index in [2.05, 4.69) is 6.07 Å². The van der Waals surface area contributed by atoms with Gasteiger partial charge in [-0.3, -0.25) is 9.69 Å². The van der Waals surface area contributed by atoms with Gasteiger partial charge in [0.1, 0.15) is 6.61 Å². The number of amides is 1. The maximum absolute atomic E-state index is 13.0. The van der Waals surface area contributed by atoms with Gasteiger partial charge >= 0.3 is 12.1 Å². The van der Waals surface area contributed by atoms with E-state index in [-0.39, 0.29) is 36.7 Å². The van der Waals surface area contributed by atoms with Gasteiger partial charge in [-0.25, -0.2) is 4.79 Å². The van der Waals surface area contributed by atoms with Crippen LogP contribution in [-0.4, -0.2) is 37.4 Å². The first-order valence-electron chi connectivity index (χ1n) is 11.5. The van der Waals surface area contributed by atoms with Crippen LogP contribution in [-0.2, 0) is 32.0 Å². The molecule has 170 valence electrons. The smallest absolute Gasteiger partial charge is 0.414 e. The highest BCUT2D eigenvalue weighted by Gasteiger charge is 2.36. The van der Waals surface area contributed by atoms with Crippen LogP contribution in [0.2, 0.25) is 0 Å². The molecular formula is C26H31NO5. The third-order valence-corrected chi connectivity index (χ3v) is 6.29. The minimum absolute atomic E-state index is 0.0185. The van der Waals surface area contributed by atoms with Gasteiger partial charge in [-0.15, -0.1) is 0 Å². The second kappa shape index (κ2) is 10.6. The molecule has 1 aliphatic heterocycles. The van der Waals surface area contributed by atoms with E-state index >= 15 is 0 Å². The van der Waals surface area contributed by atoms with Crippen LogP contribution in [0.5, 0.6) is 0 Å². The van der Waals surface area contributed by atoms with Gasteiger partial charge in [0.05, 0.1) is 37.0 Å². The molecule has 1 heterocycles. The normalized spacial score (nSPS) is 22.3. The number of carbonyl (C=O) groups is 2. The summed E-state index contributed by atoms with van der Waals surface area (Å²) in [7, 11) is 0. The quantitative estimate of drug-likeness (QED) is 0.577. The Hall–Kier alpha value is -2.86. The number of esters is 1. The van der Waals surface area contributed by atoms with Crippen molar-refractivity contribution in [1.29, 1.82) is 0 Å². The number of rotatable bonds is 7. The summed E-state index contributed by atoms with van der Waals surface area (Å²) < 4.78 is 17.0. The number of anilines is 1. The summed E-state index contributed by atoms with van der Waals surface area (Å²) in [6, 6.07) is 17.5. The largest absolute Gasteiger partial charge is 0.466 e. The number of nitrogens with zero attached hydrogens (tertiary/aromatic N) is 1. The Kier molecular flexibility index (Phi) is 7.43. The van der Waals surface area contributed by atoms with Gasteiger partial charge in [0, 0.05) is 0 Å². The first kappa shape index (κ1) is 22.3. The summed E-state index contributed by atoms with van der Waals surface area (Å²) in [6.07, 6.45) is 3.75. The second-order valence-electron chi connectivity index (χ2n) is 8.46. The van der Waals surface area contributed by atoms with E-state index in [1.807, 2.05) is 55.5 Å². The molecule has 2 aliphatic rings. The lowest BCUT2D eigenvalue weighted by Crippen LogP contribution is -2.42. The average molecular weight is 438 g/mol. The van der Waals surface area contributed by atoms with Crippen molar-refractivity contribution in [2.75, 3.05) is 18.1 Å². The molecule has 0 unspecified atom stereocenters. The van der Waals surface area contributed by atoms with Crippen LogP contribution in [0.3, 0.4) is 0 Å². The molecule has 0 saturated heterocycles. The van der Waals surface area contributed by atoms with Crippen molar-refractivity contribution < 1.29 is 23.8 Å². The lowest BCUT2D eigenvalue weighted by Gasteiger charge is -2.30. The second-order valence-corrected chi connectivity index (χ2v) is 8.46. The van der Waals surface area contributed by atoms with Crippen molar-refractivity contribution in [3.63, 3.8) is 0 Å². The lowest BCUT2D eigenvalue weighted by molar-refractivity contribution is -0.150. The van der Waals surface area contributed by atoms with E-state index in [0.717, 1.165) is 48.9 Å². The monoisotopic (exact) mass is 437 g/mol. The van der Waals surface area contributed by atoms with E-state index in [9.17, 15) is 9.59 Å². The fourth-order valence-electron chi connectivity index (χ4n) is 4.60. The first-order valence-corrected chi connectivity index (χ1v) is 11.5. The molecule has 32 heavy (non-hydrogen) atoms. The summed E-state index contributed by atoms with van der Waals surface area (Å²) in [6.45, 7) is 2.95. The molecule has 0 N–H and O–H groups in total. The molecule has 1 aliphatic carbocycles. The van der Waals surface area contributed by atoms with E-state index in [0.29, 0.717) is 13.2 Å². The highest BCUT2D eigenvalue weighted by atomic mass is 16.6. The highest BCUT2D eigenvalue weighted by molar-refractivity contribution is 5.91. The Bertz CT molecular complexity index is 907. The molecule has 0 bridgehead atoms. The van der Waals surface area contributed by atoms with Gasteiger partial charge in [-0.2, -0.15) is 0 Å². The minimum atomic E-state index is -0.349. The molecule has 0 aromatic heterocycles. The van der Waals surface area contributed by atoms with Gasteiger partial charge in [-0.1, -0.05) is 48.5 Å². The van der Waals surface area contributed by atoms with Crippen molar-refractivity contribution in [3.05, 3.63) is 65.7 Å². The van der Waals surface area contributed by atoms with Crippen molar-refractivity contribution in [1.82, 2.24) is 0 Å². The minimum Gasteiger partial charge on any atom is -0.466 e. The number of hydrogen-bond donors (Lipinski definition) is 0. The number of fused-ring (bicyclic) bond motifs is 1. The average Bonchev–Trinajstić information content (AvgIpc) is 3.21. The Labute approximate surface area is 189 Å². The Morgan fingerprint density at radius 3 is 2.41 bits per heavy atom. The van der Waals surface area contributed by atoms with Gasteiger partial charge < -0.3 is 14.2 Å². The summed E-state index contributed by atoms with van der Waals surface area (Å²) in [5, 5.41) is 0. The number of carbonyl (C=O) groups excluding carboxylic acids is 2. The van der Waals surface area contributed by atoms with E-state index in [1.54, 1.807) is 4.90 Å². The molecule has 2 aromatic rings. The zero-order valence-corrected chi connectivity index (χ0v) is 18.6. The van der Waals surface area contributed by atoms with Gasteiger partial charge in [0.2, 0.25) is 0 Å². The molecule has 4 rings (SSSR count). The lowest BCUT2D eigenvalue weighted by atomic mass is 9.87. The first-order chi connectivity index (χ1) is 15.7. The Morgan fingerprint density at radius 2 is 1.66 bits per heavy atom. The zero-order valence-electron chi connectivity index (χ0n) is 18.6. The van der Waals surface area contributed by atoms with Crippen LogP contribution in [0.25, 0.3) is 0 Å². The molecule has 0 spiro atoms. The van der Waals surface area contributed by atoms with E-state index in [1.165, 1.54) is 0 Å². The van der Waals surface area contributed by atoms with Crippen LogP contribution in [0, 0.1) is 5.92 Å². The third kappa shape index (κ3) is 5.30. The molecule has 6 heteroatoms. The SMILES string of the molecule is CCOC(=O)C1CCC(OC[C@@H]2Cc3ccccc3N2C(=O)OCc2ccccc2)CC1. The fraction of sp³-hybridized carbons (Fsp3) is 0.462. The summed E-state index contributed by atoms with van der Waals surface area (Å²) in [4.78, 5) is 26.7. The Morgan fingerprint density at radius 1 is 0.938 bits per heavy atom. The molecule has 1 fully saturated rings. The van der Waals surface area contributed by atoms with E-state index in [4.69, 9.17) is 14.2 Å². The van der Waals surface area contributed by atoms with Crippen LogP contribution >= 0.6 is 0 Å². The molecule has 0 radical (unpaired) electrons. The Balaban J connectivity index is 1.34. The van der Waals surface area contributed by atoms with Crippen LogP contribution in [0.1, 0.15) is 43.7 Å². The molecule has 1 atom stereocenters. The van der Waals surface area contributed by atoms with Crippen LogP contribution in [0.15, 0.2) is 54.6 Å². The van der Waals surface area contributed by atoms with Crippen molar-refractivity contribution in [3.8, 4) is 0 Å². The molecule has 2 aromatic carbocycles. The number of benzene rings is 2. The van der Waals surface area contributed by atoms with Crippen molar-refractivity contribution >= 4 is 17.7 Å². The molecule has 1 amide bonds. The van der Waals surface area contributed by atoms with E-state index < -0.39 is 0 Å². The van der Waals surface area contributed by atoms with Crippen molar-refractivity contribution in [2.24, 2.45) is 5.92 Å². The zero-order chi connectivity index (χ0) is 22.3. The van der Waals surface area contributed by atoms with Gasteiger partial charge in [0.25, 0.3) is 0 Å². The van der Waals surface area contributed by atoms with Crippen LogP contribution < -0.4 is 4.90 Å². The molecule has 1 saturated carbocycles. The van der Waals surface area contributed by atoms with Crippen molar-refractivity contribution in [2.45, 2.75) is 57.8 Å². The predicted octanol–water partition coefficient (Wildman–Crippen LogP) is 4.89. The summed E-state index contributed by atoms with van der Waals surface area (Å²) in [5.41, 5.74) is 2.98.